The van der Waals surface area contributed by atoms with E-state index in [9.17, 15) is 8.78 Å². The number of hydrogen-bond donors (Lipinski definition) is 0. The summed E-state index contributed by atoms with van der Waals surface area (Å²) in [7, 11) is 1.61. The largest absolute Gasteiger partial charge is 0.495 e. The number of aryl methyl sites for hydroxylation is 1. The fourth-order valence-corrected chi connectivity index (χ4v) is 3.60. The molecule has 0 N–H and O–H groups in total. The molecule has 0 radical (unpaired) electrons. The summed E-state index contributed by atoms with van der Waals surface area (Å²) >= 11 is 0. The van der Waals surface area contributed by atoms with Gasteiger partial charge in [0.2, 0.25) is 12.1 Å². The summed E-state index contributed by atoms with van der Waals surface area (Å²) in [6.07, 6.45) is 6.69. The van der Waals surface area contributed by atoms with Crippen molar-refractivity contribution in [1.29, 1.82) is 0 Å². The molecule has 2 aliphatic heterocycles. The molecule has 1 saturated heterocycles. The van der Waals surface area contributed by atoms with E-state index in [2.05, 4.69) is 16.7 Å². The molecule has 1 fully saturated rings. The van der Waals surface area contributed by atoms with Gasteiger partial charge in [0.15, 0.2) is 5.76 Å². The zero-order chi connectivity index (χ0) is 23.5. The maximum Gasteiger partial charge on any atom is 0.227 e. The van der Waals surface area contributed by atoms with Crippen LogP contribution in [0.15, 0.2) is 77.6 Å². The Morgan fingerprint density at radius 1 is 1.30 bits per heavy atom. The zero-order valence-electron chi connectivity index (χ0n) is 18.6. The molecule has 0 bridgehead atoms. The van der Waals surface area contributed by atoms with Crippen molar-refractivity contribution in [3.8, 4) is 11.4 Å². The second-order valence-corrected chi connectivity index (χ2v) is 7.61. The molecular formula is C24H24F2N4O3. The molecule has 1 aromatic carbocycles. The number of benzene rings is 1. The van der Waals surface area contributed by atoms with E-state index >= 15 is 0 Å². The molecule has 3 heterocycles. The van der Waals surface area contributed by atoms with E-state index in [1.54, 1.807) is 13.4 Å². The Morgan fingerprint density at radius 3 is 2.82 bits per heavy atom. The van der Waals surface area contributed by atoms with Crippen LogP contribution in [0.5, 0.6) is 5.75 Å². The molecule has 4 rings (SSSR count). The molecule has 9 heteroatoms. The van der Waals surface area contributed by atoms with E-state index in [4.69, 9.17) is 14.3 Å². The molecular weight excluding hydrogens is 430 g/mol. The van der Waals surface area contributed by atoms with Crippen LogP contribution < -0.4 is 4.74 Å². The topological polar surface area (TPSA) is 61.1 Å². The van der Waals surface area contributed by atoms with E-state index in [0.29, 0.717) is 36.1 Å². The van der Waals surface area contributed by atoms with Gasteiger partial charge in [-0.25, -0.2) is 13.8 Å². The highest BCUT2D eigenvalue weighted by molar-refractivity contribution is 6.01. The van der Waals surface area contributed by atoms with E-state index in [0.717, 1.165) is 29.1 Å². The maximum absolute atomic E-state index is 13.9. The van der Waals surface area contributed by atoms with E-state index in [1.165, 1.54) is 6.92 Å². The second kappa shape index (κ2) is 9.32. The summed E-state index contributed by atoms with van der Waals surface area (Å²) < 4.78 is 40.1. The lowest BCUT2D eigenvalue weighted by atomic mass is 10.1. The molecule has 2 aromatic rings. The number of nitrogens with zero attached hydrogens (tertiary/aromatic N) is 4. The quantitative estimate of drug-likeness (QED) is 0.586. The first-order valence-corrected chi connectivity index (χ1v) is 10.3. The van der Waals surface area contributed by atoms with Gasteiger partial charge in [0.25, 0.3) is 0 Å². The number of hydrogen-bond acceptors (Lipinski definition) is 6. The SMILES string of the molecule is C=C(/C=C(F)\C=C(/C)F)[C@@H]1ON=C2/C(=C\c3ccc(-n4cnc(C)c4)c(OC)c3)OCCN21. The van der Waals surface area contributed by atoms with Crippen molar-refractivity contribution in [2.45, 2.75) is 20.1 Å². The smallest absolute Gasteiger partial charge is 0.227 e. The number of methoxy groups -OCH3 is 1. The average molecular weight is 454 g/mol. The van der Waals surface area contributed by atoms with Crippen LogP contribution in [0.4, 0.5) is 8.78 Å². The normalized spacial score (nSPS) is 19.7. The number of fused-ring (bicyclic) bond motifs is 1. The Balaban J connectivity index is 1.56. The Hall–Kier alpha value is -3.88. The predicted octanol–water partition coefficient (Wildman–Crippen LogP) is 4.82. The zero-order valence-corrected chi connectivity index (χ0v) is 18.6. The molecule has 2 aliphatic rings. The number of rotatable bonds is 6. The van der Waals surface area contributed by atoms with Crippen molar-refractivity contribution in [3.63, 3.8) is 0 Å². The fraction of sp³-hybridized carbons (Fsp3) is 0.250. The van der Waals surface area contributed by atoms with Gasteiger partial charge in [0.05, 0.1) is 37.2 Å². The standard InChI is InChI=1S/C24H24F2N4O3/c1-15(9-19(26)10-16(2)25)24-30-7-8-32-22(23(30)28-33-24)12-18-5-6-20(21(11-18)31-4)29-13-17(3)27-14-29/h5-6,9-14,24H,1,7-8H2,2-4H3/b16-10+,19-9+,22-12+/t24-/m0/s1. The summed E-state index contributed by atoms with van der Waals surface area (Å²) in [5, 5.41) is 4.12. The third-order valence-corrected chi connectivity index (χ3v) is 5.07. The van der Waals surface area contributed by atoms with Crippen LogP contribution in [0.25, 0.3) is 11.8 Å². The van der Waals surface area contributed by atoms with Gasteiger partial charge < -0.3 is 23.8 Å². The molecule has 0 unspecified atom stereocenters. The molecule has 1 atom stereocenters. The number of oxime groups is 1. The first-order valence-electron chi connectivity index (χ1n) is 10.3. The van der Waals surface area contributed by atoms with Crippen molar-refractivity contribution < 1.29 is 23.1 Å². The van der Waals surface area contributed by atoms with Crippen molar-refractivity contribution in [3.05, 3.63) is 83.7 Å². The van der Waals surface area contributed by atoms with Gasteiger partial charge in [0, 0.05) is 17.8 Å². The molecule has 0 saturated carbocycles. The Labute approximate surface area is 190 Å². The molecule has 7 nitrogen and oxygen atoms in total. The monoisotopic (exact) mass is 454 g/mol. The van der Waals surface area contributed by atoms with E-state index < -0.39 is 17.9 Å². The van der Waals surface area contributed by atoms with Crippen LogP contribution in [-0.2, 0) is 9.57 Å². The van der Waals surface area contributed by atoms with Crippen LogP contribution in [0.1, 0.15) is 18.2 Å². The van der Waals surface area contributed by atoms with Crippen LogP contribution in [0.3, 0.4) is 0 Å². The number of ether oxygens (including phenoxy) is 2. The van der Waals surface area contributed by atoms with Gasteiger partial charge in [-0.2, -0.15) is 0 Å². The Bertz CT molecular complexity index is 1190. The summed E-state index contributed by atoms with van der Waals surface area (Å²) in [5.74, 6) is 0.269. The van der Waals surface area contributed by atoms with Gasteiger partial charge in [-0.15, -0.1) is 0 Å². The summed E-state index contributed by atoms with van der Waals surface area (Å²) in [5.41, 5.74) is 2.91. The molecule has 1 aromatic heterocycles. The van der Waals surface area contributed by atoms with Gasteiger partial charge in [0.1, 0.15) is 18.2 Å². The summed E-state index contributed by atoms with van der Waals surface area (Å²) in [6.45, 7) is 7.81. The third-order valence-electron chi connectivity index (χ3n) is 5.07. The number of halogens is 2. The molecule has 172 valence electrons. The minimum atomic E-state index is -0.749. The Kier molecular flexibility index (Phi) is 6.30. The fourth-order valence-electron chi connectivity index (χ4n) is 3.60. The summed E-state index contributed by atoms with van der Waals surface area (Å²) in [6, 6.07) is 5.74. The first-order chi connectivity index (χ1) is 15.9. The minimum Gasteiger partial charge on any atom is -0.495 e. The highest BCUT2D eigenvalue weighted by Crippen LogP contribution is 2.30. The van der Waals surface area contributed by atoms with Gasteiger partial charge >= 0.3 is 0 Å². The van der Waals surface area contributed by atoms with Crippen molar-refractivity contribution in [2.75, 3.05) is 20.3 Å². The lowest BCUT2D eigenvalue weighted by Gasteiger charge is -2.30. The number of allylic oxidation sites excluding steroid dienone is 3. The molecule has 33 heavy (non-hydrogen) atoms. The first kappa shape index (κ1) is 22.3. The van der Waals surface area contributed by atoms with Crippen LogP contribution in [0.2, 0.25) is 0 Å². The maximum atomic E-state index is 13.9. The van der Waals surface area contributed by atoms with Gasteiger partial charge in [-0.1, -0.05) is 17.8 Å². The number of morpholine rings is 1. The number of imidazole rings is 1. The molecule has 0 aliphatic carbocycles. The molecule has 0 amide bonds. The number of amidine groups is 1. The van der Waals surface area contributed by atoms with Crippen molar-refractivity contribution in [1.82, 2.24) is 14.5 Å². The summed E-state index contributed by atoms with van der Waals surface area (Å²) in [4.78, 5) is 11.6. The lowest BCUT2D eigenvalue weighted by Crippen LogP contribution is -2.43. The van der Waals surface area contributed by atoms with Gasteiger partial charge in [-0.05, 0) is 43.7 Å². The number of aromatic nitrogens is 2. The van der Waals surface area contributed by atoms with Crippen LogP contribution in [-0.4, -0.2) is 46.8 Å². The van der Waals surface area contributed by atoms with Crippen molar-refractivity contribution in [2.24, 2.45) is 5.16 Å². The predicted molar refractivity (Wildman–Crippen MR) is 121 cm³/mol. The Morgan fingerprint density at radius 2 is 2.12 bits per heavy atom. The van der Waals surface area contributed by atoms with Crippen molar-refractivity contribution >= 4 is 11.9 Å². The van der Waals surface area contributed by atoms with Crippen LogP contribution in [0, 0.1) is 6.92 Å². The van der Waals surface area contributed by atoms with E-state index in [-0.39, 0.29) is 0 Å². The lowest BCUT2D eigenvalue weighted by molar-refractivity contribution is 0.0284. The minimum absolute atomic E-state index is 0.312. The van der Waals surface area contributed by atoms with E-state index in [1.807, 2.05) is 46.9 Å². The third kappa shape index (κ3) is 4.82. The highest BCUT2D eigenvalue weighted by atomic mass is 19.1. The van der Waals surface area contributed by atoms with Crippen LogP contribution >= 0.6 is 0 Å². The molecule has 0 spiro atoms. The highest BCUT2D eigenvalue weighted by Gasteiger charge is 2.37. The average Bonchev–Trinajstić information content (AvgIpc) is 3.40. The second-order valence-electron chi connectivity index (χ2n) is 7.61. The van der Waals surface area contributed by atoms with Gasteiger partial charge in [-0.3, -0.25) is 0 Å².